The van der Waals surface area contributed by atoms with Gasteiger partial charge in [-0.05, 0) is 18.3 Å². The summed E-state index contributed by atoms with van der Waals surface area (Å²) in [6.07, 6.45) is 0.169. The van der Waals surface area contributed by atoms with E-state index >= 15 is 0 Å². The molecule has 0 aromatic carbocycles. The Morgan fingerprint density at radius 1 is 1.50 bits per heavy atom. The quantitative estimate of drug-likeness (QED) is 0.694. The summed E-state index contributed by atoms with van der Waals surface area (Å²) in [6.45, 7) is 4.96. The monoisotopic (exact) mass is 251 g/mol. The molecule has 0 radical (unpaired) electrons. The summed E-state index contributed by atoms with van der Waals surface area (Å²) >= 11 is 0. The number of aliphatic hydroxyl groups excluding tert-OH is 1. The van der Waals surface area contributed by atoms with Crippen molar-refractivity contribution in [2.24, 2.45) is 11.8 Å². The average molecular weight is 251 g/mol. The molecular formula is C10H21NO4S. The summed E-state index contributed by atoms with van der Waals surface area (Å²) in [5, 5.41) is 9.50. The highest BCUT2D eigenvalue weighted by molar-refractivity contribution is 7.89. The first kappa shape index (κ1) is 13.9. The molecule has 1 rings (SSSR count). The van der Waals surface area contributed by atoms with Gasteiger partial charge in [-0.25, -0.2) is 13.1 Å². The maximum atomic E-state index is 11.6. The highest BCUT2D eigenvalue weighted by Gasteiger charge is 2.23. The second kappa shape index (κ2) is 5.95. The zero-order chi connectivity index (χ0) is 12.2. The van der Waals surface area contributed by atoms with Crippen LogP contribution in [0.1, 0.15) is 20.3 Å². The van der Waals surface area contributed by atoms with Crippen LogP contribution in [-0.4, -0.2) is 45.1 Å². The Bertz CT molecular complexity index is 296. The van der Waals surface area contributed by atoms with Crippen molar-refractivity contribution in [2.75, 3.05) is 25.5 Å². The Kier molecular flexibility index (Phi) is 5.17. The van der Waals surface area contributed by atoms with Crippen molar-refractivity contribution < 1.29 is 18.3 Å². The van der Waals surface area contributed by atoms with Crippen LogP contribution in [0, 0.1) is 11.8 Å². The molecule has 1 fully saturated rings. The predicted octanol–water partition coefficient (Wildman–Crippen LogP) is -0.0408. The van der Waals surface area contributed by atoms with Gasteiger partial charge in [0.1, 0.15) is 0 Å². The molecule has 2 N–H and O–H groups in total. The summed E-state index contributed by atoms with van der Waals surface area (Å²) < 4.78 is 30.8. The molecule has 0 amide bonds. The van der Waals surface area contributed by atoms with Crippen molar-refractivity contribution in [3.63, 3.8) is 0 Å². The molecule has 0 unspecified atom stereocenters. The Morgan fingerprint density at radius 3 is 2.69 bits per heavy atom. The van der Waals surface area contributed by atoms with E-state index in [9.17, 15) is 13.5 Å². The molecule has 0 aliphatic carbocycles. The maximum Gasteiger partial charge on any atom is 0.212 e. The number of hydrogen-bond acceptors (Lipinski definition) is 4. The number of aliphatic hydroxyl groups is 1. The van der Waals surface area contributed by atoms with Crippen molar-refractivity contribution in [3.8, 4) is 0 Å². The fourth-order valence-corrected chi connectivity index (χ4v) is 2.96. The fourth-order valence-electron chi connectivity index (χ4n) is 1.53. The second-order valence-corrected chi connectivity index (χ2v) is 6.52. The van der Waals surface area contributed by atoms with Crippen molar-refractivity contribution in [1.29, 1.82) is 0 Å². The van der Waals surface area contributed by atoms with Gasteiger partial charge in [0.15, 0.2) is 0 Å². The van der Waals surface area contributed by atoms with Crippen molar-refractivity contribution in [3.05, 3.63) is 0 Å². The molecule has 1 aliphatic rings. The highest BCUT2D eigenvalue weighted by Crippen LogP contribution is 2.14. The third-order valence-corrected chi connectivity index (χ3v) is 4.28. The first-order chi connectivity index (χ1) is 7.41. The van der Waals surface area contributed by atoms with Crippen LogP contribution in [-0.2, 0) is 14.8 Å². The minimum absolute atomic E-state index is 0.0533. The first-order valence-electron chi connectivity index (χ1n) is 5.64. The third-order valence-electron chi connectivity index (χ3n) is 2.76. The van der Waals surface area contributed by atoms with E-state index in [-0.39, 0.29) is 24.1 Å². The van der Waals surface area contributed by atoms with Crippen molar-refractivity contribution >= 4 is 10.0 Å². The number of rotatable bonds is 6. The number of sulfonamides is 1. The van der Waals surface area contributed by atoms with Crippen LogP contribution in [0.2, 0.25) is 0 Å². The topological polar surface area (TPSA) is 75.6 Å². The average Bonchev–Trinajstić information content (AvgIpc) is 2.65. The van der Waals surface area contributed by atoms with Crippen LogP contribution < -0.4 is 4.72 Å². The van der Waals surface area contributed by atoms with Gasteiger partial charge in [-0.2, -0.15) is 0 Å². The van der Waals surface area contributed by atoms with Gasteiger partial charge in [-0.15, -0.1) is 0 Å². The number of nitrogens with one attached hydrogen (secondary N) is 1. The first-order valence-corrected chi connectivity index (χ1v) is 7.29. The molecule has 0 aromatic heterocycles. The fraction of sp³-hybridized carbons (Fsp3) is 1.00. The molecule has 0 bridgehead atoms. The molecule has 0 saturated carbocycles. The maximum absolute atomic E-state index is 11.6. The molecule has 1 aliphatic heterocycles. The summed E-state index contributed by atoms with van der Waals surface area (Å²) in [5.41, 5.74) is 0. The molecule has 5 nitrogen and oxygen atoms in total. The molecule has 0 aromatic rings. The van der Waals surface area contributed by atoms with Gasteiger partial charge in [0, 0.05) is 13.2 Å². The summed E-state index contributed by atoms with van der Waals surface area (Å²) in [6, 6.07) is 0. The SMILES string of the molecule is CC(C)[C@@H](O)CNS(=O)(=O)C[C@@H]1CCOC1. The van der Waals surface area contributed by atoms with Crippen LogP contribution in [0.25, 0.3) is 0 Å². The van der Waals surface area contributed by atoms with E-state index in [0.717, 1.165) is 6.42 Å². The Hall–Kier alpha value is -0.170. The van der Waals surface area contributed by atoms with Gasteiger partial charge in [0.2, 0.25) is 10.0 Å². The van der Waals surface area contributed by atoms with Crippen LogP contribution in [0.3, 0.4) is 0 Å². The summed E-state index contributed by atoms with van der Waals surface area (Å²) in [4.78, 5) is 0. The van der Waals surface area contributed by atoms with E-state index in [4.69, 9.17) is 4.74 Å². The van der Waals surface area contributed by atoms with Gasteiger partial charge >= 0.3 is 0 Å². The molecule has 6 heteroatoms. The predicted molar refractivity (Wildman–Crippen MR) is 61.6 cm³/mol. The van der Waals surface area contributed by atoms with E-state index < -0.39 is 16.1 Å². The van der Waals surface area contributed by atoms with E-state index in [1.807, 2.05) is 13.8 Å². The molecule has 1 saturated heterocycles. The van der Waals surface area contributed by atoms with E-state index in [0.29, 0.717) is 13.2 Å². The number of hydrogen-bond donors (Lipinski definition) is 2. The minimum atomic E-state index is -3.28. The van der Waals surface area contributed by atoms with Crippen molar-refractivity contribution in [2.45, 2.75) is 26.4 Å². The largest absolute Gasteiger partial charge is 0.391 e. The van der Waals surface area contributed by atoms with E-state index in [1.165, 1.54) is 0 Å². The van der Waals surface area contributed by atoms with Crippen LogP contribution in [0.4, 0.5) is 0 Å². The Balaban J connectivity index is 2.33. The molecule has 96 valence electrons. The smallest absolute Gasteiger partial charge is 0.212 e. The third kappa shape index (κ3) is 4.78. The lowest BCUT2D eigenvalue weighted by molar-refractivity contribution is 0.129. The highest BCUT2D eigenvalue weighted by atomic mass is 32.2. The zero-order valence-electron chi connectivity index (χ0n) is 9.85. The minimum Gasteiger partial charge on any atom is -0.391 e. The lowest BCUT2D eigenvalue weighted by Crippen LogP contribution is -2.37. The normalized spacial score (nSPS) is 23.9. The molecular weight excluding hydrogens is 230 g/mol. The van der Waals surface area contributed by atoms with Gasteiger partial charge < -0.3 is 9.84 Å². The van der Waals surface area contributed by atoms with Gasteiger partial charge in [0.05, 0.1) is 18.5 Å². The molecule has 2 atom stereocenters. The van der Waals surface area contributed by atoms with Gasteiger partial charge in [-0.3, -0.25) is 0 Å². The summed E-state index contributed by atoms with van der Waals surface area (Å²) in [7, 11) is -3.28. The van der Waals surface area contributed by atoms with Gasteiger partial charge in [0.25, 0.3) is 0 Å². The lowest BCUT2D eigenvalue weighted by Gasteiger charge is -2.16. The second-order valence-electron chi connectivity index (χ2n) is 4.67. The van der Waals surface area contributed by atoms with E-state index in [1.54, 1.807) is 0 Å². The molecule has 1 heterocycles. The van der Waals surface area contributed by atoms with E-state index in [2.05, 4.69) is 4.72 Å². The number of ether oxygens (including phenoxy) is 1. The molecule has 0 spiro atoms. The van der Waals surface area contributed by atoms with Crippen molar-refractivity contribution in [1.82, 2.24) is 4.72 Å². The molecule has 16 heavy (non-hydrogen) atoms. The summed E-state index contributed by atoms with van der Waals surface area (Å²) in [5.74, 6) is 0.240. The van der Waals surface area contributed by atoms with Crippen LogP contribution in [0.15, 0.2) is 0 Å². The Labute approximate surface area is 97.2 Å². The Morgan fingerprint density at radius 2 is 2.19 bits per heavy atom. The lowest BCUT2D eigenvalue weighted by atomic mass is 10.1. The van der Waals surface area contributed by atoms with Crippen LogP contribution in [0.5, 0.6) is 0 Å². The van der Waals surface area contributed by atoms with Crippen LogP contribution >= 0.6 is 0 Å². The standard InChI is InChI=1S/C10H21NO4S/c1-8(2)10(12)5-11-16(13,14)7-9-3-4-15-6-9/h8-12H,3-7H2,1-2H3/t9-,10+/m1/s1. The van der Waals surface area contributed by atoms with Gasteiger partial charge in [-0.1, -0.05) is 13.8 Å². The zero-order valence-corrected chi connectivity index (χ0v) is 10.7.